The number of alkyl halides is 1. The van der Waals surface area contributed by atoms with Crippen LogP contribution in [-0.2, 0) is 0 Å². The summed E-state index contributed by atoms with van der Waals surface area (Å²) in [6.45, 7) is 0. The summed E-state index contributed by atoms with van der Waals surface area (Å²) in [6, 6.07) is 4.63. The fourth-order valence-electron chi connectivity index (χ4n) is 1.01. The number of hydrogen-bond acceptors (Lipinski definition) is 2. The molecule has 0 aliphatic heterocycles. The Hall–Kier alpha value is -0.800. The van der Waals surface area contributed by atoms with Crippen molar-refractivity contribution < 1.29 is 9.13 Å². The van der Waals surface area contributed by atoms with E-state index in [1.165, 1.54) is 13.2 Å². The first-order valence-electron chi connectivity index (χ1n) is 3.83. The molecule has 0 aliphatic rings. The summed E-state index contributed by atoms with van der Waals surface area (Å²) in [5, 5.41) is 2.80. The van der Waals surface area contributed by atoms with Crippen molar-refractivity contribution in [3.8, 4) is 5.75 Å². The van der Waals surface area contributed by atoms with Gasteiger partial charge in [-0.05, 0) is 24.7 Å². The van der Waals surface area contributed by atoms with E-state index in [-0.39, 0.29) is 11.3 Å². The van der Waals surface area contributed by atoms with E-state index in [9.17, 15) is 4.39 Å². The molecule has 0 aliphatic carbocycles. The molecule has 1 N–H and O–H groups in total. The van der Waals surface area contributed by atoms with Crippen molar-refractivity contribution >= 4 is 11.6 Å². The summed E-state index contributed by atoms with van der Waals surface area (Å²) >= 11 is 5.84. The van der Waals surface area contributed by atoms with E-state index < -0.39 is 5.82 Å². The van der Waals surface area contributed by atoms with Gasteiger partial charge < -0.3 is 10.1 Å². The van der Waals surface area contributed by atoms with Crippen LogP contribution in [0.1, 0.15) is 11.1 Å². The van der Waals surface area contributed by atoms with E-state index in [0.29, 0.717) is 5.56 Å². The Morgan fingerprint density at radius 2 is 2.23 bits per heavy atom. The van der Waals surface area contributed by atoms with Crippen LogP contribution in [0.5, 0.6) is 5.75 Å². The average Bonchev–Trinajstić information content (AvgIpc) is 2.16. The second-order valence-electron chi connectivity index (χ2n) is 2.55. The molecule has 2 nitrogen and oxygen atoms in total. The molecule has 1 rings (SSSR count). The highest BCUT2D eigenvalue weighted by Crippen LogP contribution is 2.23. The molecule has 0 fully saturated rings. The lowest BCUT2D eigenvalue weighted by atomic mass is 10.2. The molecule has 0 heterocycles. The Bertz CT molecular complexity index is 293. The minimum absolute atomic E-state index is 0.226. The summed E-state index contributed by atoms with van der Waals surface area (Å²) in [7, 11) is 3.13. The maximum Gasteiger partial charge on any atom is 0.165 e. The van der Waals surface area contributed by atoms with Gasteiger partial charge in [-0.1, -0.05) is 6.07 Å². The monoisotopic (exact) mass is 203 g/mol. The lowest BCUT2D eigenvalue weighted by molar-refractivity contribution is 0.386. The first-order chi connectivity index (χ1) is 6.19. The molecule has 0 amide bonds. The van der Waals surface area contributed by atoms with Crippen molar-refractivity contribution in [1.82, 2.24) is 5.32 Å². The van der Waals surface area contributed by atoms with E-state index in [0.717, 1.165) is 0 Å². The Balaban J connectivity index is 2.95. The molecule has 1 unspecified atom stereocenters. The first kappa shape index (κ1) is 10.3. The fourth-order valence-corrected chi connectivity index (χ4v) is 1.14. The van der Waals surface area contributed by atoms with Gasteiger partial charge in [-0.15, -0.1) is 11.6 Å². The summed E-state index contributed by atoms with van der Waals surface area (Å²) in [5.41, 5.74) is 0.308. The zero-order chi connectivity index (χ0) is 9.84. The number of ether oxygens (including phenoxy) is 1. The van der Waals surface area contributed by atoms with Crippen molar-refractivity contribution in [1.29, 1.82) is 0 Å². The van der Waals surface area contributed by atoms with Crippen LogP contribution in [0.15, 0.2) is 18.2 Å². The normalized spacial score (nSPS) is 12.6. The standard InChI is InChI=1S/C9H11ClFNO/c1-12-9(10)6-3-4-8(13-2)7(11)5-6/h3-5,9,12H,1-2H3. The van der Waals surface area contributed by atoms with Crippen LogP contribution in [-0.4, -0.2) is 14.2 Å². The Kier molecular flexibility index (Phi) is 3.51. The average molecular weight is 204 g/mol. The molecule has 1 aromatic carbocycles. The SMILES string of the molecule is CNC(Cl)c1ccc(OC)c(F)c1. The predicted molar refractivity (Wildman–Crippen MR) is 50.6 cm³/mol. The van der Waals surface area contributed by atoms with Crippen LogP contribution < -0.4 is 10.1 Å². The fraction of sp³-hybridized carbons (Fsp3) is 0.333. The molecular weight excluding hydrogens is 193 g/mol. The van der Waals surface area contributed by atoms with Crippen LogP contribution in [0.4, 0.5) is 4.39 Å². The van der Waals surface area contributed by atoms with E-state index in [1.807, 2.05) is 0 Å². The van der Waals surface area contributed by atoms with Gasteiger partial charge in [0.05, 0.1) is 7.11 Å². The second kappa shape index (κ2) is 4.44. The van der Waals surface area contributed by atoms with Gasteiger partial charge in [0.2, 0.25) is 0 Å². The van der Waals surface area contributed by atoms with Crippen molar-refractivity contribution in [3.05, 3.63) is 29.6 Å². The van der Waals surface area contributed by atoms with E-state index in [2.05, 4.69) is 5.32 Å². The zero-order valence-electron chi connectivity index (χ0n) is 7.47. The van der Waals surface area contributed by atoms with Gasteiger partial charge >= 0.3 is 0 Å². The third-order valence-corrected chi connectivity index (χ3v) is 2.19. The largest absolute Gasteiger partial charge is 0.494 e. The minimum atomic E-state index is -0.402. The Labute approximate surface area is 81.7 Å². The van der Waals surface area contributed by atoms with E-state index in [4.69, 9.17) is 16.3 Å². The smallest absolute Gasteiger partial charge is 0.165 e. The molecule has 1 atom stereocenters. The molecule has 0 radical (unpaired) electrons. The van der Waals surface area contributed by atoms with Gasteiger partial charge in [0, 0.05) is 0 Å². The van der Waals surface area contributed by atoms with Crippen molar-refractivity contribution in [3.63, 3.8) is 0 Å². The molecule has 0 spiro atoms. The van der Waals surface area contributed by atoms with Crippen LogP contribution in [0.2, 0.25) is 0 Å². The number of halogens is 2. The van der Waals surface area contributed by atoms with E-state index >= 15 is 0 Å². The topological polar surface area (TPSA) is 21.3 Å². The summed E-state index contributed by atoms with van der Waals surface area (Å²) in [6.07, 6.45) is 0. The maximum atomic E-state index is 13.1. The highest BCUT2D eigenvalue weighted by atomic mass is 35.5. The third kappa shape index (κ3) is 2.32. The predicted octanol–water partition coefficient (Wildman–Crippen LogP) is 2.29. The first-order valence-corrected chi connectivity index (χ1v) is 4.27. The highest BCUT2D eigenvalue weighted by Gasteiger charge is 2.08. The van der Waals surface area contributed by atoms with Gasteiger partial charge in [-0.2, -0.15) is 0 Å². The quantitative estimate of drug-likeness (QED) is 0.601. The van der Waals surface area contributed by atoms with Crippen LogP contribution in [0.25, 0.3) is 0 Å². The number of hydrogen-bond donors (Lipinski definition) is 1. The minimum Gasteiger partial charge on any atom is -0.494 e. The molecule has 0 saturated carbocycles. The molecule has 13 heavy (non-hydrogen) atoms. The lowest BCUT2D eigenvalue weighted by Gasteiger charge is -2.09. The van der Waals surface area contributed by atoms with Crippen LogP contribution >= 0.6 is 11.6 Å². The molecule has 72 valence electrons. The van der Waals surface area contributed by atoms with E-state index in [1.54, 1.807) is 19.2 Å². The zero-order valence-corrected chi connectivity index (χ0v) is 8.23. The molecule has 0 saturated heterocycles. The molecule has 0 bridgehead atoms. The van der Waals surface area contributed by atoms with Gasteiger partial charge in [-0.3, -0.25) is 0 Å². The van der Waals surface area contributed by atoms with Crippen molar-refractivity contribution in [2.75, 3.05) is 14.2 Å². The van der Waals surface area contributed by atoms with Gasteiger partial charge in [0.1, 0.15) is 5.50 Å². The van der Waals surface area contributed by atoms with Gasteiger partial charge in [-0.25, -0.2) is 4.39 Å². The second-order valence-corrected chi connectivity index (χ2v) is 2.98. The molecule has 4 heteroatoms. The molecule has 1 aromatic rings. The Morgan fingerprint density at radius 3 is 2.69 bits per heavy atom. The molecule has 0 aromatic heterocycles. The number of rotatable bonds is 3. The summed E-state index contributed by atoms with van der Waals surface area (Å²) in [4.78, 5) is 0. The summed E-state index contributed by atoms with van der Waals surface area (Å²) in [5.74, 6) is -0.176. The highest BCUT2D eigenvalue weighted by molar-refractivity contribution is 6.20. The number of methoxy groups -OCH3 is 1. The van der Waals surface area contributed by atoms with Crippen molar-refractivity contribution in [2.24, 2.45) is 0 Å². The van der Waals surface area contributed by atoms with Crippen LogP contribution in [0, 0.1) is 5.82 Å². The maximum absolute atomic E-state index is 13.1. The Morgan fingerprint density at radius 1 is 1.54 bits per heavy atom. The lowest BCUT2D eigenvalue weighted by Crippen LogP contribution is -2.10. The third-order valence-electron chi connectivity index (χ3n) is 1.72. The molecular formula is C9H11ClFNO. The van der Waals surface area contributed by atoms with Gasteiger partial charge in [0.15, 0.2) is 11.6 Å². The van der Waals surface area contributed by atoms with Gasteiger partial charge in [0.25, 0.3) is 0 Å². The summed E-state index contributed by atoms with van der Waals surface area (Å²) < 4.78 is 17.9. The number of benzene rings is 1. The van der Waals surface area contributed by atoms with Crippen LogP contribution in [0.3, 0.4) is 0 Å². The van der Waals surface area contributed by atoms with Crippen molar-refractivity contribution in [2.45, 2.75) is 5.50 Å². The number of nitrogens with one attached hydrogen (secondary N) is 1.